The Hall–Kier alpha value is -11.0. The first-order valence-corrected chi connectivity index (χ1v) is 29.9. The summed E-state index contributed by atoms with van der Waals surface area (Å²) in [6, 6.07) is 77.3. The molecule has 1 radical (unpaired) electrons. The first kappa shape index (κ1) is 61.3. The fourth-order valence-corrected chi connectivity index (χ4v) is 12.5. The van der Waals surface area contributed by atoms with Gasteiger partial charge in [-0.05, 0) is 111 Å². The van der Waals surface area contributed by atoms with Crippen LogP contribution in [0.1, 0.15) is 75.7 Å². The van der Waals surface area contributed by atoms with Crippen LogP contribution in [0.3, 0.4) is 0 Å². The Labute approximate surface area is 550 Å². The van der Waals surface area contributed by atoms with Gasteiger partial charge in [-0.3, -0.25) is 24.8 Å². The van der Waals surface area contributed by atoms with E-state index in [9.17, 15) is 10.5 Å². The largest absolute Gasteiger partial charge is 0.358 e. The second-order valence-electron chi connectivity index (χ2n) is 24.9. The second kappa shape index (κ2) is 24.1. The standard InChI is InChI=1S/C80H57N10.CH3.Ir/c1-48-46-89-75(85-48)68-35-33-66(70(45-82)72(68)87-77(89)79(3,4)5)64-25-17-14-22-60(64)56-40-55(41-57(42-56)61-23-15-18-26-65(61)67-34-36-69-74(73(67)83-9)88-78(80(6,7)8)90-47-49(2)86-76(69)90)59-21-13-16-24-63(59)62-32-31-54(39-58(62)44-81)71-43-53(37-38-84-71)52-29-27-51(28-30-52)50-19-11-10-12-20-50;;/h10-30,32-34,37-43,46-47H,1-8H3;1H3;/q-3;-1;. The van der Waals surface area contributed by atoms with Crippen molar-refractivity contribution in [2.75, 3.05) is 0 Å². The fourth-order valence-electron chi connectivity index (χ4n) is 12.5. The Kier molecular flexibility index (Phi) is 16.0. The predicted octanol–water partition coefficient (Wildman–Crippen LogP) is 19.8. The van der Waals surface area contributed by atoms with Crippen molar-refractivity contribution < 1.29 is 20.1 Å². The molecule has 0 spiro atoms. The molecular formula is C81H60IrN10-4. The number of aryl methyl sites for hydroxylation is 2. The Morgan fingerprint density at radius 2 is 0.902 bits per heavy atom. The maximum atomic E-state index is 11.3. The van der Waals surface area contributed by atoms with Crippen molar-refractivity contribution in [1.29, 1.82) is 10.5 Å². The van der Waals surface area contributed by atoms with Gasteiger partial charge in [0.2, 0.25) is 0 Å². The van der Waals surface area contributed by atoms with E-state index in [0.717, 1.165) is 95.4 Å². The summed E-state index contributed by atoms with van der Waals surface area (Å²) in [5, 5.41) is 23.8. The SMILES string of the molecule is [C-]#[N+]c1c(-c2ccccc2-c2cc(-c3ccccc3-c3c[c-]c(-c4cc(-c5ccc(-c6ccccc6)cc5)ccn4)cc3C#N)cc(-c3ccccc3-c3c[c-]c4c(nc(C(C)(C)C)n5cc(C)nc45)c3C#N)c2)c[c-]c2c1nc(C(C)(C)C)n1cc(C)nc21.[CH3-].[Ir]. The van der Waals surface area contributed by atoms with Crippen molar-refractivity contribution in [3.8, 4) is 112 Å². The Morgan fingerprint density at radius 1 is 0.457 bits per heavy atom. The number of nitriles is 2. The number of nitrogens with zero attached hydrogens (tertiary/aromatic N) is 10. The molecule has 0 saturated heterocycles. The minimum Gasteiger partial charge on any atom is -0.358 e. The smallest absolute Gasteiger partial charge is 0.140 e. The van der Waals surface area contributed by atoms with Crippen LogP contribution in [0.5, 0.6) is 0 Å². The van der Waals surface area contributed by atoms with Crippen LogP contribution in [-0.4, -0.2) is 33.7 Å². The summed E-state index contributed by atoms with van der Waals surface area (Å²) in [5.41, 5.74) is 20.2. The van der Waals surface area contributed by atoms with Gasteiger partial charge in [-0.1, -0.05) is 219 Å². The third-order valence-electron chi connectivity index (χ3n) is 16.7. The Bertz CT molecular complexity index is 5170. The van der Waals surface area contributed by atoms with Gasteiger partial charge in [0.05, 0.1) is 35.8 Å². The maximum Gasteiger partial charge on any atom is 0.140 e. The van der Waals surface area contributed by atoms with E-state index in [4.69, 9.17) is 31.5 Å². The minimum atomic E-state index is -0.379. The quantitative estimate of drug-likeness (QED) is 0.132. The molecule has 0 unspecified atom stereocenters. The molecule has 0 aliphatic carbocycles. The number of pyridine rings is 1. The van der Waals surface area contributed by atoms with E-state index >= 15 is 0 Å². The van der Waals surface area contributed by atoms with E-state index in [-0.39, 0.29) is 38.4 Å². The average molecular weight is 1370 g/mol. The van der Waals surface area contributed by atoms with Crippen LogP contribution in [0.25, 0.3) is 138 Å². The molecular weight excluding hydrogens is 1310 g/mol. The minimum absolute atomic E-state index is 0. The van der Waals surface area contributed by atoms with Gasteiger partial charge >= 0.3 is 0 Å². The molecule has 0 N–H and O–H groups in total. The molecule has 0 saturated carbocycles. The fraction of sp³-hybridized carbons (Fsp3) is 0.123. The average Bonchev–Trinajstić information content (AvgIpc) is 1.41. The zero-order valence-electron chi connectivity index (χ0n) is 52.4. The number of hydrogen-bond donors (Lipinski definition) is 0. The normalized spacial score (nSPS) is 11.5. The second-order valence-corrected chi connectivity index (χ2v) is 24.9. The Morgan fingerprint density at radius 3 is 1.41 bits per heavy atom. The first-order chi connectivity index (χ1) is 43.6. The molecule has 0 bridgehead atoms. The number of aromatic nitrogens is 7. The number of benzene rings is 9. The summed E-state index contributed by atoms with van der Waals surface area (Å²) in [6.07, 6.45) is 5.79. The predicted molar refractivity (Wildman–Crippen MR) is 367 cm³/mol. The monoisotopic (exact) mass is 1370 g/mol. The van der Waals surface area contributed by atoms with Crippen molar-refractivity contribution in [2.24, 2.45) is 0 Å². The molecule has 14 aromatic rings. The van der Waals surface area contributed by atoms with E-state index in [1.54, 1.807) is 6.20 Å². The van der Waals surface area contributed by atoms with Gasteiger partial charge in [-0.25, -0.2) is 0 Å². The number of fused-ring (bicyclic) bond motifs is 6. The molecule has 0 aliphatic rings. The van der Waals surface area contributed by atoms with Crippen LogP contribution in [0.2, 0.25) is 0 Å². The molecule has 14 rings (SSSR count). The number of imidazole rings is 2. The third-order valence-corrected chi connectivity index (χ3v) is 16.7. The number of rotatable bonds is 9. The van der Waals surface area contributed by atoms with Crippen LogP contribution < -0.4 is 0 Å². The van der Waals surface area contributed by atoms with E-state index in [1.807, 2.05) is 126 Å². The summed E-state index contributed by atoms with van der Waals surface area (Å²) in [7, 11) is 0. The van der Waals surface area contributed by atoms with Crippen LogP contribution in [-0.2, 0) is 30.9 Å². The van der Waals surface area contributed by atoms with Gasteiger partial charge in [0.25, 0.3) is 0 Å². The van der Waals surface area contributed by atoms with E-state index < -0.39 is 0 Å². The van der Waals surface area contributed by atoms with Crippen LogP contribution in [0.15, 0.2) is 201 Å². The van der Waals surface area contributed by atoms with Gasteiger partial charge in [0.1, 0.15) is 11.5 Å². The van der Waals surface area contributed by atoms with Crippen molar-refractivity contribution in [2.45, 2.75) is 66.2 Å². The van der Waals surface area contributed by atoms with Gasteiger partial charge in [0.15, 0.2) is 0 Å². The summed E-state index contributed by atoms with van der Waals surface area (Å²) in [6.45, 7) is 25.5. The summed E-state index contributed by atoms with van der Waals surface area (Å²) in [4.78, 5) is 29.5. The van der Waals surface area contributed by atoms with Crippen molar-refractivity contribution in [3.63, 3.8) is 0 Å². The molecule has 0 atom stereocenters. The number of hydrogen-bond acceptors (Lipinski definition) is 7. The van der Waals surface area contributed by atoms with Crippen molar-refractivity contribution >= 4 is 38.8 Å². The van der Waals surface area contributed by atoms with Gasteiger partial charge in [-0.15, -0.1) is 48.0 Å². The molecule has 5 aromatic heterocycles. The molecule has 92 heavy (non-hydrogen) atoms. The van der Waals surface area contributed by atoms with Crippen LogP contribution >= 0.6 is 0 Å². The topological polar surface area (TPSA) is 125 Å². The molecule has 10 nitrogen and oxygen atoms in total. The summed E-state index contributed by atoms with van der Waals surface area (Å²) >= 11 is 0. The van der Waals surface area contributed by atoms with Crippen LogP contribution in [0.4, 0.5) is 5.69 Å². The summed E-state index contributed by atoms with van der Waals surface area (Å²) < 4.78 is 4.05. The molecule has 11 heteroatoms. The maximum absolute atomic E-state index is 11.3. The molecule has 5 heterocycles. The molecule has 9 aromatic carbocycles. The van der Waals surface area contributed by atoms with E-state index in [0.29, 0.717) is 77.9 Å². The molecule has 0 amide bonds. The third kappa shape index (κ3) is 10.8. The zero-order valence-corrected chi connectivity index (χ0v) is 54.8. The zero-order chi connectivity index (χ0) is 62.2. The van der Waals surface area contributed by atoms with Gasteiger partial charge in [-0.2, -0.15) is 10.5 Å². The molecule has 0 aliphatic heterocycles. The first-order valence-electron chi connectivity index (χ1n) is 29.9. The van der Waals surface area contributed by atoms with Crippen molar-refractivity contribution in [1.82, 2.24) is 33.7 Å². The van der Waals surface area contributed by atoms with E-state index in [2.05, 4.69) is 168 Å². The van der Waals surface area contributed by atoms with Crippen molar-refractivity contribution in [3.05, 3.63) is 272 Å². The Balaban J connectivity index is 0.00000408. The van der Waals surface area contributed by atoms with Gasteiger partial charge in [0, 0.05) is 72.0 Å². The molecule has 0 fully saturated rings. The van der Waals surface area contributed by atoms with Crippen LogP contribution in [0, 0.1) is 68.7 Å². The van der Waals surface area contributed by atoms with Gasteiger partial charge < -0.3 is 21.2 Å². The summed E-state index contributed by atoms with van der Waals surface area (Å²) in [5.74, 6) is 1.58. The van der Waals surface area contributed by atoms with E-state index in [1.165, 1.54) is 0 Å². The molecule has 447 valence electrons.